The fraction of sp³-hybridized carbons (Fsp3) is 0.917. The summed E-state index contributed by atoms with van der Waals surface area (Å²) in [4.78, 5) is 4.99. The van der Waals surface area contributed by atoms with Crippen LogP contribution in [0, 0.1) is 5.41 Å². The third kappa shape index (κ3) is 4.10. The van der Waals surface area contributed by atoms with E-state index in [2.05, 4.69) is 30.7 Å². The van der Waals surface area contributed by atoms with Gasteiger partial charge in [0.25, 0.3) is 0 Å². The molecule has 0 saturated carbocycles. The van der Waals surface area contributed by atoms with Crippen molar-refractivity contribution in [1.82, 2.24) is 9.80 Å². The molecule has 94 valence electrons. The smallest absolute Gasteiger partial charge is 0.0905 e. The Balaban J connectivity index is 2.20. The van der Waals surface area contributed by atoms with Crippen molar-refractivity contribution in [2.24, 2.45) is 5.73 Å². The first-order valence-corrected chi connectivity index (χ1v) is 6.28. The molecule has 0 aromatic carbocycles. The van der Waals surface area contributed by atoms with Gasteiger partial charge in [0.15, 0.2) is 0 Å². The third-order valence-corrected chi connectivity index (χ3v) is 3.61. The van der Waals surface area contributed by atoms with Gasteiger partial charge in [-0.2, -0.15) is 0 Å². The van der Waals surface area contributed by atoms with Gasteiger partial charge >= 0.3 is 0 Å². The quantitative estimate of drug-likeness (QED) is 0.419. The predicted octanol–water partition coefficient (Wildman–Crippen LogP) is 1.12. The van der Waals surface area contributed by atoms with E-state index >= 15 is 0 Å². The lowest BCUT2D eigenvalue weighted by Crippen LogP contribution is -2.54. The van der Waals surface area contributed by atoms with Gasteiger partial charge in [0, 0.05) is 31.6 Å². The van der Waals surface area contributed by atoms with E-state index in [1.807, 2.05) is 0 Å². The maximum Gasteiger partial charge on any atom is 0.0905 e. The molecule has 1 saturated heterocycles. The zero-order valence-corrected chi connectivity index (χ0v) is 10.9. The average molecular weight is 226 g/mol. The fourth-order valence-corrected chi connectivity index (χ4v) is 2.35. The largest absolute Gasteiger partial charge is 0.388 e. The second-order valence-electron chi connectivity index (χ2n) is 5.11. The number of rotatable bonds is 5. The number of nitrogens with one attached hydrogen (secondary N) is 1. The number of piperazine rings is 1. The lowest BCUT2D eigenvalue weighted by molar-refractivity contribution is 0.0593. The van der Waals surface area contributed by atoms with E-state index in [1.165, 1.54) is 13.1 Å². The molecule has 0 spiro atoms. The molecule has 0 aliphatic carbocycles. The molecule has 0 aromatic heterocycles. The summed E-state index contributed by atoms with van der Waals surface area (Å²) in [7, 11) is 2.21. The SMILES string of the molecule is CC1CN(CCCCC(=N)N)CC(C)N1C. The molecular formula is C12H26N4. The third-order valence-electron chi connectivity index (χ3n) is 3.61. The van der Waals surface area contributed by atoms with Gasteiger partial charge in [0.2, 0.25) is 0 Å². The monoisotopic (exact) mass is 226 g/mol. The molecule has 0 aromatic rings. The lowest BCUT2D eigenvalue weighted by Gasteiger charge is -2.42. The molecule has 1 rings (SSSR count). The highest BCUT2D eigenvalue weighted by molar-refractivity contribution is 5.76. The number of nitrogens with two attached hydrogens (primary N) is 1. The van der Waals surface area contributed by atoms with E-state index in [9.17, 15) is 0 Å². The average Bonchev–Trinajstić information content (AvgIpc) is 2.20. The van der Waals surface area contributed by atoms with Crippen molar-refractivity contribution < 1.29 is 0 Å². The van der Waals surface area contributed by atoms with Crippen LogP contribution < -0.4 is 5.73 Å². The first kappa shape index (κ1) is 13.5. The summed E-state index contributed by atoms with van der Waals surface area (Å²) in [5, 5.41) is 7.17. The molecule has 0 bridgehead atoms. The number of likely N-dealkylation sites (N-methyl/N-ethyl adjacent to an activating group) is 1. The zero-order valence-electron chi connectivity index (χ0n) is 10.9. The molecule has 1 aliphatic rings. The van der Waals surface area contributed by atoms with E-state index < -0.39 is 0 Å². The van der Waals surface area contributed by atoms with E-state index in [0.717, 1.165) is 25.8 Å². The number of amidine groups is 1. The normalized spacial score (nSPS) is 28.2. The van der Waals surface area contributed by atoms with Gasteiger partial charge < -0.3 is 10.6 Å². The van der Waals surface area contributed by atoms with Crippen LogP contribution in [0.2, 0.25) is 0 Å². The molecule has 1 heterocycles. The fourth-order valence-electron chi connectivity index (χ4n) is 2.35. The highest BCUT2D eigenvalue weighted by atomic mass is 15.3. The minimum Gasteiger partial charge on any atom is -0.388 e. The van der Waals surface area contributed by atoms with E-state index in [0.29, 0.717) is 17.9 Å². The molecule has 1 fully saturated rings. The summed E-state index contributed by atoms with van der Waals surface area (Å²) < 4.78 is 0. The molecule has 0 radical (unpaired) electrons. The van der Waals surface area contributed by atoms with Crippen molar-refractivity contribution in [2.45, 2.75) is 45.2 Å². The Bertz CT molecular complexity index is 217. The summed E-state index contributed by atoms with van der Waals surface area (Å²) in [6.07, 6.45) is 2.95. The Morgan fingerprint density at radius 2 is 1.81 bits per heavy atom. The van der Waals surface area contributed by atoms with Crippen LogP contribution in [0.4, 0.5) is 0 Å². The van der Waals surface area contributed by atoms with Crippen LogP contribution in [-0.2, 0) is 0 Å². The Morgan fingerprint density at radius 3 is 2.31 bits per heavy atom. The summed E-state index contributed by atoms with van der Waals surface area (Å²) >= 11 is 0. The van der Waals surface area contributed by atoms with E-state index in [4.69, 9.17) is 11.1 Å². The van der Waals surface area contributed by atoms with Crippen molar-refractivity contribution in [1.29, 1.82) is 5.41 Å². The lowest BCUT2D eigenvalue weighted by atomic mass is 10.1. The van der Waals surface area contributed by atoms with Crippen LogP contribution >= 0.6 is 0 Å². The summed E-state index contributed by atoms with van der Waals surface area (Å²) in [6, 6.07) is 1.30. The predicted molar refractivity (Wildman–Crippen MR) is 68.9 cm³/mol. The van der Waals surface area contributed by atoms with Crippen molar-refractivity contribution in [3.05, 3.63) is 0 Å². The molecule has 16 heavy (non-hydrogen) atoms. The first-order chi connectivity index (χ1) is 7.50. The highest BCUT2D eigenvalue weighted by Gasteiger charge is 2.25. The van der Waals surface area contributed by atoms with Crippen LogP contribution in [0.5, 0.6) is 0 Å². The van der Waals surface area contributed by atoms with Gasteiger partial charge in [0.1, 0.15) is 0 Å². The van der Waals surface area contributed by atoms with Gasteiger partial charge in [0.05, 0.1) is 5.84 Å². The Kier molecular flexibility index (Phi) is 5.22. The van der Waals surface area contributed by atoms with Crippen molar-refractivity contribution in [3.8, 4) is 0 Å². The number of nitrogens with zero attached hydrogens (tertiary/aromatic N) is 2. The number of unbranched alkanes of at least 4 members (excludes halogenated alkanes) is 1. The molecule has 4 nitrogen and oxygen atoms in total. The first-order valence-electron chi connectivity index (χ1n) is 6.28. The van der Waals surface area contributed by atoms with Gasteiger partial charge in [-0.1, -0.05) is 0 Å². The molecule has 4 heteroatoms. The molecule has 2 unspecified atom stereocenters. The minimum absolute atomic E-state index is 0.320. The second kappa shape index (κ2) is 6.21. The highest BCUT2D eigenvalue weighted by Crippen LogP contribution is 2.13. The Morgan fingerprint density at radius 1 is 1.25 bits per heavy atom. The molecule has 1 aliphatic heterocycles. The van der Waals surface area contributed by atoms with Gasteiger partial charge in [-0.3, -0.25) is 10.3 Å². The summed E-state index contributed by atoms with van der Waals surface area (Å²) in [5.41, 5.74) is 5.34. The molecule has 0 amide bonds. The second-order valence-corrected chi connectivity index (χ2v) is 5.11. The molecule has 3 N–H and O–H groups in total. The van der Waals surface area contributed by atoms with Crippen LogP contribution in [0.3, 0.4) is 0 Å². The van der Waals surface area contributed by atoms with Crippen molar-refractivity contribution >= 4 is 5.84 Å². The zero-order chi connectivity index (χ0) is 12.1. The number of hydrogen-bond acceptors (Lipinski definition) is 3. The standard InChI is InChI=1S/C12H26N4/c1-10-8-16(9-11(2)15(10)3)7-5-4-6-12(13)14/h10-11H,4-9H2,1-3H3,(H3,13,14). The minimum atomic E-state index is 0.320. The molecular weight excluding hydrogens is 200 g/mol. The summed E-state index contributed by atoms with van der Waals surface area (Å²) in [6.45, 7) is 8.06. The van der Waals surface area contributed by atoms with E-state index in [-0.39, 0.29) is 0 Å². The van der Waals surface area contributed by atoms with Gasteiger partial charge in [-0.05, 0) is 40.3 Å². The summed E-state index contributed by atoms with van der Waals surface area (Å²) in [5.74, 6) is 0.320. The molecule has 2 atom stereocenters. The van der Waals surface area contributed by atoms with Crippen LogP contribution in [0.15, 0.2) is 0 Å². The topological polar surface area (TPSA) is 56.4 Å². The Labute approximate surface area is 99.3 Å². The van der Waals surface area contributed by atoms with Gasteiger partial charge in [-0.25, -0.2) is 0 Å². The maximum absolute atomic E-state index is 7.17. The van der Waals surface area contributed by atoms with Crippen molar-refractivity contribution in [2.75, 3.05) is 26.7 Å². The van der Waals surface area contributed by atoms with Crippen LogP contribution in [-0.4, -0.2) is 54.4 Å². The Hall–Kier alpha value is -0.610. The van der Waals surface area contributed by atoms with Crippen molar-refractivity contribution in [3.63, 3.8) is 0 Å². The van der Waals surface area contributed by atoms with Gasteiger partial charge in [-0.15, -0.1) is 0 Å². The maximum atomic E-state index is 7.17. The van der Waals surface area contributed by atoms with E-state index in [1.54, 1.807) is 0 Å². The van der Waals surface area contributed by atoms with Crippen LogP contribution in [0.25, 0.3) is 0 Å². The van der Waals surface area contributed by atoms with Crippen LogP contribution in [0.1, 0.15) is 33.1 Å². The number of hydrogen-bond donors (Lipinski definition) is 2.